The summed E-state index contributed by atoms with van der Waals surface area (Å²) in [6.45, 7) is 0. The number of fused-ring (bicyclic) bond motifs is 1. The molecule has 2 aliphatic carbocycles. The van der Waals surface area contributed by atoms with Crippen LogP contribution in [0.4, 0.5) is 19.0 Å². The molecule has 0 spiro atoms. The number of rotatable bonds is 4. The molecule has 0 aliphatic heterocycles. The van der Waals surface area contributed by atoms with Crippen molar-refractivity contribution in [3.63, 3.8) is 0 Å². The van der Waals surface area contributed by atoms with Crippen LogP contribution in [0.15, 0.2) is 22.1 Å². The molecule has 7 N–H and O–H groups in total. The summed E-state index contributed by atoms with van der Waals surface area (Å²) in [6.07, 6.45) is 4.43. The number of halogens is 3. The molecule has 36 heavy (non-hydrogen) atoms. The summed E-state index contributed by atoms with van der Waals surface area (Å²) in [5.41, 5.74) is 7.20. The Morgan fingerprint density at radius 2 is 1.89 bits per heavy atom. The maximum Gasteiger partial charge on any atom is 0.490 e. The van der Waals surface area contributed by atoms with E-state index in [9.17, 15) is 23.1 Å². The third kappa shape index (κ3) is 6.21. The molecule has 12 nitrogen and oxygen atoms in total. The van der Waals surface area contributed by atoms with Gasteiger partial charge in [0.05, 0.1) is 12.2 Å². The summed E-state index contributed by atoms with van der Waals surface area (Å²) in [6, 6.07) is 2.89. The van der Waals surface area contributed by atoms with Crippen molar-refractivity contribution in [2.75, 3.05) is 5.32 Å². The zero-order valence-electron chi connectivity index (χ0n) is 18.9. The van der Waals surface area contributed by atoms with Crippen LogP contribution in [0, 0.1) is 0 Å². The van der Waals surface area contributed by atoms with Crippen LogP contribution in [0.5, 0.6) is 5.88 Å². The Kier molecular flexibility index (Phi) is 7.01. The number of alkyl halides is 3. The Hall–Kier alpha value is -3.88. The largest absolute Gasteiger partial charge is 0.493 e. The molecule has 0 radical (unpaired) electrons. The third-order valence-electron chi connectivity index (χ3n) is 5.74. The molecule has 0 bridgehead atoms. The fourth-order valence-corrected chi connectivity index (χ4v) is 3.74. The van der Waals surface area contributed by atoms with E-state index in [-0.39, 0.29) is 17.6 Å². The number of carbonyl (C=O) groups is 1. The van der Waals surface area contributed by atoms with Crippen LogP contribution in [0.1, 0.15) is 44.2 Å². The first-order valence-corrected chi connectivity index (χ1v) is 11.3. The minimum Gasteiger partial charge on any atom is -0.493 e. The summed E-state index contributed by atoms with van der Waals surface area (Å²) >= 11 is 0. The van der Waals surface area contributed by atoms with Crippen molar-refractivity contribution in [2.24, 2.45) is 10.7 Å². The molecule has 3 aromatic rings. The first kappa shape index (κ1) is 25.2. The Bertz CT molecular complexity index is 1420. The van der Waals surface area contributed by atoms with E-state index >= 15 is 0 Å². The lowest BCUT2D eigenvalue weighted by atomic mass is 9.92. The number of nitrogens with one attached hydrogen (secondary N) is 3. The Morgan fingerprint density at radius 1 is 1.22 bits per heavy atom. The summed E-state index contributed by atoms with van der Waals surface area (Å²) in [4.78, 5) is 34.7. The number of aromatic amines is 2. The lowest BCUT2D eigenvalue weighted by Gasteiger charge is -2.27. The maximum atomic E-state index is 11.4. The van der Waals surface area contributed by atoms with Gasteiger partial charge in [-0.2, -0.15) is 22.8 Å². The van der Waals surface area contributed by atoms with Crippen LogP contribution in [0.2, 0.25) is 0 Å². The van der Waals surface area contributed by atoms with E-state index in [1.165, 1.54) is 0 Å². The molecule has 0 saturated heterocycles. The van der Waals surface area contributed by atoms with Crippen molar-refractivity contribution in [1.29, 1.82) is 0 Å². The molecule has 0 unspecified atom stereocenters. The van der Waals surface area contributed by atoms with Crippen molar-refractivity contribution in [1.82, 2.24) is 24.6 Å². The lowest BCUT2D eigenvalue weighted by molar-refractivity contribution is -0.192. The van der Waals surface area contributed by atoms with Crippen molar-refractivity contribution >= 4 is 23.5 Å². The topological polar surface area (TPSA) is 187 Å². The summed E-state index contributed by atoms with van der Waals surface area (Å²) < 4.78 is 33.4. The van der Waals surface area contributed by atoms with Crippen molar-refractivity contribution in [3.05, 3.63) is 39.1 Å². The van der Waals surface area contributed by atoms with Crippen LogP contribution in [0.3, 0.4) is 0 Å². The summed E-state index contributed by atoms with van der Waals surface area (Å²) in [5.74, 6) is -2.23. The Morgan fingerprint density at radius 3 is 2.44 bits per heavy atom. The van der Waals surface area contributed by atoms with Gasteiger partial charge in [-0.25, -0.2) is 14.6 Å². The van der Waals surface area contributed by atoms with E-state index in [1.807, 2.05) is 6.07 Å². The number of carboxylic acids is 1. The molecule has 2 fully saturated rings. The molecule has 0 atom stereocenters. The predicted octanol–water partition coefficient (Wildman–Crippen LogP) is 0.377. The standard InChI is InChI=1S/C19H24N8O2.C2HF3O2/c20-11-1-3-12(4-2-11)22-15-8-16(23-13-5-6-13)27-17(25-15)10(9-21-27)7-14-18(28)26-19(29)24-14;3-2(4,5)1(6)7/h7-9,11-13,22,28H,1-6,20H2,(H2,24,26,29);(H,6,7). The fraction of sp³-hybridized carbons (Fsp3) is 0.476. The number of nitrogens with two attached hydrogens (primary N) is 1. The zero-order valence-corrected chi connectivity index (χ0v) is 18.9. The maximum absolute atomic E-state index is 11.4. The SMILES string of the molecule is NC1CCC(Nc2cc(=NC3CC3)n3ncc(=Cc4[nH]c(=O)[nH]c4O)c3n2)CC1.O=C(O)C(F)(F)F. The predicted molar refractivity (Wildman–Crippen MR) is 121 cm³/mol. The van der Waals surface area contributed by atoms with Gasteiger partial charge in [0.1, 0.15) is 11.5 Å². The number of hydrogen-bond donors (Lipinski definition) is 6. The first-order chi connectivity index (χ1) is 17.0. The van der Waals surface area contributed by atoms with Crippen molar-refractivity contribution in [2.45, 2.75) is 62.8 Å². The highest BCUT2D eigenvalue weighted by atomic mass is 19.4. The van der Waals surface area contributed by atoms with Crippen LogP contribution in [0.25, 0.3) is 11.7 Å². The molecule has 2 saturated carbocycles. The van der Waals surface area contributed by atoms with Gasteiger partial charge in [0, 0.05) is 23.4 Å². The average molecular weight is 510 g/mol. The molecular formula is C21H25F3N8O4. The number of nitrogens with zero attached hydrogens (tertiary/aromatic N) is 4. The van der Waals surface area contributed by atoms with Gasteiger partial charge in [-0.1, -0.05) is 0 Å². The van der Waals surface area contributed by atoms with Crippen LogP contribution in [-0.4, -0.2) is 65.1 Å². The number of anilines is 1. The van der Waals surface area contributed by atoms with Crippen molar-refractivity contribution in [3.8, 4) is 5.88 Å². The van der Waals surface area contributed by atoms with E-state index < -0.39 is 17.8 Å². The molecule has 2 aliphatic rings. The number of aromatic nitrogens is 5. The lowest BCUT2D eigenvalue weighted by Crippen LogP contribution is -2.33. The molecule has 15 heteroatoms. The summed E-state index contributed by atoms with van der Waals surface area (Å²) in [7, 11) is 0. The molecular weight excluding hydrogens is 485 g/mol. The number of imidazole rings is 1. The fourth-order valence-electron chi connectivity index (χ4n) is 3.74. The van der Waals surface area contributed by atoms with E-state index in [0.717, 1.165) is 49.8 Å². The van der Waals surface area contributed by atoms with E-state index in [4.69, 9.17) is 25.6 Å². The molecule has 3 heterocycles. The van der Waals surface area contributed by atoms with Gasteiger partial charge in [0.25, 0.3) is 0 Å². The molecule has 0 aromatic carbocycles. The van der Waals surface area contributed by atoms with Gasteiger partial charge in [-0.05, 0) is 44.6 Å². The highest BCUT2D eigenvalue weighted by Crippen LogP contribution is 2.23. The first-order valence-electron chi connectivity index (χ1n) is 11.3. The number of carboxylic acid groups (broad SMARTS) is 1. The molecule has 194 valence electrons. The van der Waals surface area contributed by atoms with Gasteiger partial charge < -0.3 is 26.2 Å². The minimum absolute atomic E-state index is 0.218. The second-order valence-corrected chi connectivity index (χ2v) is 8.74. The highest BCUT2D eigenvalue weighted by Gasteiger charge is 2.38. The van der Waals surface area contributed by atoms with Gasteiger partial charge in [0.15, 0.2) is 11.1 Å². The van der Waals surface area contributed by atoms with Crippen molar-refractivity contribution < 1.29 is 28.2 Å². The molecule has 3 aromatic heterocycles. The third-order valence-corrected chi connectivity index (χ3v) is 5.74. The second-order valence-electron chi connectivity index (χ2n) is 8.74. The van der Waals surface area contributed by atoms with Crippen LogP contribution in [-0.2, 0) is 4.79 Å². The Labute approximate surface area is 200 Å². The quantitative estimate of drug-likeness (QED) is 0.291. The van der Waals surface area contributed by atoms with Gasteiger partial charge in [-0.15, -0.1) is 0 Å². The molecule has 5 rings (SSSR count). The van der Waals surface area contributed by atoms with Gasteiger partial charge >= 0.3 is 17.8 Å². The smallest absolute Gasteiger partial charge is 0.490 e. The second kappa shape index (κ2) is 10.0. The zero-order chi connectivity index (χ0) is 26.0. The van der Waals surface area contributed by atoms with Gasteiger partial charge in [-0.3, -0.25) is 9.98 Å². The highest BCUT2D eigenvalue weighted by molar-refractivity contribution is 5.73. The Balaban J connectivity index is 0.000000384. The minimum atomic E-state index is -5.08. The molecule has 0 amide bonds. The van der Waals surface area contributed by atoms with Crippen LogP contribution >= 0.6 is 0 Å². The monoisotopic (exact) mass is 510 g/mol. The number of hydrogen-bond acceptors (Lipinski definition) is 8. The number of aromatic hydroxyl groups is 1. The van der Waals surface area contributed by atoms with E-state index in [0.29, 0.717) is 22.9 Å². The number of H-pyrrole nitrogens is 2. The van der Waals surface area contributed by atoms with Crippen LogP contribution < -0.4 is 27.4 Å². The van der Waals surface area contributed by atoms with E-state index in [2.05, 4.69) is 20.4 Å². The normalized spacial score (nSPS) is 21.3. The van der Waals surface area contributed by atoms with E-state index in [1.54, 1.807) is 16.8 Å². The van der Waals surface area contributed by atoms with Gasteiger partial charge in [0.2, 0.25) is 5.88 Å². The number of aliphatic carboxylic acids is 1. The average Bonchev–Trinajstić information content (AvgIpc) is 3.43. The summed E-state index contributed by atoms with van der Waals surface area (Å²) in [5, 5.41) is 25.6.